The number of aliphatic hydroxyl groups excluding tert-OH is 1. The Bertz CT molecular complexity index is 653. The highest BCUT2D eigenvalue weighted by atomic mass is 16.5. The summed E-state index contributed by atoms with van der Waals surface area (Å²) in [6.07, 6.45) is 0.678. The number of piperidine rings is 1. The molecule has 3 N–H and O–H groups in total. The van der Waals surface area contributed by atoms with Crippen molar-refractivity contribution in [3.05, 3.63) is 35.9 Å². The number of carbonyl (C=O) groups excluding carboxylic acids is 2. The number of likely N-dealkylation sites (tertiary alicyclic amines) is 1. The van der Waals surface area contributed by atoms with Crippen LogP contribution < -0.4 is 5.32 Å². The number of rotatable bonds is 3. The third-order valence-corrected chi connectivity index (χ3v) is 5.41. The minimum Gasteiger partial charge on any atom is -0.388 e. The van der Waals surface area contributed by atoms with Crippen molar-refractivity contribution < 1.29 is 24.5 Å². The van der Waals surface area contributed by atoms with Crippen molar-refractivity contribution >= 4 is 11.8 Å². The molecule has 1 spiro atoms. The van der Waals surface area contributed by atoms with Crippen LogP contribution in [0.2, 0.25) is 0 Å². The summed E-state index contributed by atoms with van der Waals surface area (Å²) in [5.41, 5.74) is -1.14. The first kappa shape index (κ1) is 18.8. The van der Waals surface area contributed by atoms with E-state index in [1.54, 1.807) is 36.1 Å². The minimum atomic E-state index is -1.17. The van der Waals surface area contributed by atoms with Gasteiger partial charge in [0.15, 0.2) is 0 Å². The molecule has 2 amide bonds. The molecule has 0 unspecified atom stereocenters. The van der Waals surface area contributed by atoms with Crippen molar-refractivity contribution in [2.45, 2.75) is 43.5 Å². The van der Waals surface area contributed by atoms with Gasteiger partial charge in [-0.2, -0.15) is 0 Å². The normalized spacial score (nSPS) is 28.0. The van der Waals surface area contributed by atoms with Gasteiger partial charge in [-0.1, -0.05) is 18.2 Å². The van der Waals surface area contributed by atoms with Gasteiger partial charge in [0.1, 0.15) is 6.10 Å². The Morgan fingerprint density at radius 3 is 2.54 bits per heavy atom. The topological polar surface area (TPSA) is 99.1 Å². The van der Waals surface area contributed by atoms with Crippen LogP contribution in [0.25, 0.3) is 0 Å². The van der Waals surface area contributed by atoms with Crippen LogP contribution >= 0.6 is 0 Å². The number of ether oxygens (including phenoxy) is 1. The van der Waals surface area contributed by atoms with Crippen LogP contribution in [0.15, 0.2) is 30.3 Å². The molecule has 2 heterocycles. The number of nitrogens with one attached hydrogen (secondary N) is 1. The summed E-state index contributed by atoms with van der Waals surface area (Å²) in [6, 6.07) is 8.78. The van der Waals surface area contributed by atoms with Crippen LogP contribution in [0.3, 0.4) is 0 Å². The van der Waals surface area contributed by atoms with Crippen molar-refractivity contribution in [1.82, 2.24) is 10.2 Å². The Labute approximate surface area is 152 Å². The number of hydrogen-bond acceptors (Lipinski definition) is 5. The zero-order chi connectivity index (χ0) is 18.8. The number of hydrogen-bond donors (Lipinski definition) is 3. The van der Waals surface area contributed by atoms with E-state index in [0.29, 0.717) is 37.9 Å². The van der Waals surface area contributed by atoms with E-state index >= 15 is 0 Å². The van der Waals surface area contributed by atoms with Gasteiger partial charge in [-0.05, 0) is 31.9 Å². The summed E-state index contributed by atoms with van der Waals surface area (Å²) in [6.45, 7) is 2.70. The number of nitrogens with zero attached hydrogens (tertiary/aromatic N) is 1. The highest BCUT2D eigenvalue weighted by Crippen LogP contribution is 2.39. The van der Waals surface area contributed by atoms with Crippen molar-refractivity contribution in [2.75, 3.05) is 26.2 Å². The van der Waals surface area contributed by atoms with Gasteiger partial charge in [-0.15, -0.1) is 0 Å². The predicted octanol–water partition coefficient (Wildman–Crippen LogP) is 0.310. The molecule has 0 saturated carbocycles. The molecule has 0 radical (unpaired) electrons. The van der Waals surface area contributed by atoms with Crippen molar-refractivity contribution in [2.24, 2.45) is 0 Å². The molecule has 142 valence electrons. The van der Waals surface area contributed by atoms with Crippen LogP contribution in [-0.2, 0) is 9.53 Å². The maximum atomic E-state index is 12.4. The second kappa shape index (κ2) is 7.34. The Kier molecular flexibility index (Phi) is 5.32. The Hall–Kier alpha value is -1.96. The van der Waals surface area contributed by atoms with E-state index in [0.717, 1.165) is 0 Å². The van der Waals surface area contributed by atoms with Crippen LogP contribution in [0.4, 0.5) is 0 Å². The van der Waals surface area contributed by atoms with E-state index in [4.69, 9.17) is 4.74 Å². The zero-order valence-electron chi connectivity index (χ0n) is 15.0. The molecule has 1 aromatic carbocycles. The number of carbonyl (C=O) groups is 2. The number of amides is 2. The Morgan fingerprint density at radius 2 is 1.92 bits per heavy atom. The van der Waals surface area contributed by atoms with Crippen LogP contribution in [0.5, 0.6) is 0 Å². The van der Waals surface area contributed by atoms with E-state index in [1.165, 1.54) is 0 Å². The number of aliphatic hydroxyl groups is 2. The summed E-state index contributed by atoms with van der Waals surface area (Å²) >= 11 is 0. The number of benzene rings is 1. The van der Waals surface area contributed by atoms with E-state index in [2.05, 4.69) is 5.32 Å². The molecule has 1 aromatic rings. The molecule has 2 saturated heterocycles. The summed E-state index contributed by atoms with van der Waals surface area (Å²) in [5.74, 6) is -0.403. The lowest BCUT2D eigenvalue weighted by Gasteiger charge is -2.49. The van der Waals surface area contributed by atoms with Gasteiger partial charge in [-0.25, -0.2) is 0 Å². The summed E-state index contributed by atoms with van der Waals surface area (Å²) in [5, 5.41) is 22.8. The molecule has 0 bridgehead atoms. The maximum Gasteiger partial charge on any atom is 0.251 e. The van der Waals surface area contributed by atoms with Crippen molar-refractivity contribution in [3.63, 3.8) is 0 Å². The average molecular weight is 362 g/mol. The maximum absolute atomic E-state index is 12.4. The fourth-order valence-corrected chi connectivity index (χ4v) is 3.70. The molecule has 7 nitrogen and oxygen atoms in total. The van der Waals surface area contributed by atoms with Gasteiger partial charge in [-0.3, -0.25) is 9.59 Å². The quantitative estimate of drug-likeness (QED) is 0.719. The van der Waals surface area contributed by atoms with E-state index in [-0.39, 0.29) is 25.0 Å². The highest BCUT2D eigenvalue weighted by molar-refractivity contribution is 5.96. The summed E-state index contributed by atoms with van der Waals surface area (Å²) < 4.78 is 5.82. The lowest BCUT2D eigenvalue weighted by Crippen LogP contribution is -2.60. The fraction of sp³-hybridized carbons (Fsp3) is 0.579. The second-order valence-electron chi connectivity index (χ2n) is 7.47. The van der Waals surface area contributed by atoms with E-state index in [1.807, 2.05) is 6.07 Å². The highest BCUT2D eigenvalue weighted by Gasteiger charge is 2.48. The smallest absolute Gasteiger partial charge is 0.251 e. The molecule has 3 rings (SSSR count). The van der Waals surface area contributed by atoms with Crippen LogP contribution in [-0.4, -0.2) is 70.5 Å². The van der Waals surface area contributed by atoms with Gasteiger partial charge in [0, 0.05) is 25.1 Å². The monoisotopic (exact) mass is 362 g/mol. The average Bonchev–Trinajstić information content (AvgIpc) is 2.64. The van der Waals surface area contributed by atoms with E-state index < -0.39 is 17.3 Å². The largest absolute Gasteiger partial charge is 0.388 e. The summed E-state index contributed by atoms with van der Waals surface area (Å²) in [7, 11) is 0. The van der Waals surface area contributed by atoms with Gasteiger partial charge in [0.2, 0.25) is 5.91 Å². The molecule has 0 aliphatic carbocycles. The minimum absolute atomic E-state index is 0.0436. The zero-order valence-corrected chi connectivity index (χ0v) is 15.0. The summed E-state index contributed by atoms with van der Waals surface area (Å²) in [4.78, 5) is 26.1. The van der Waals surface area contributed by atoms with Crippen LogP contribution in [0, 0.1) is 0 Å². The molecule has 7 heteroatoms. The molecule has 26 heavy (non-hydrogen) atoms. The SMILES string of the molecule is C[C@]1(O)CC2(CCN(C(=O)CNC(=O)c3ccccc3)CC2)OC[C@@H]1O. The van der Waals surface area contributed by atoms with Gasteiger partial charge in [0.25, 0.3) is 5.91 Å². The molecule has 2 aliphatic rings. The van der Waals surface area contributed by atoms with Gasteiger partial charge < -0.3 is 25.2 Å². The Balaban J connectivity index is 1.49. The molecular formula is C19H26N2O5. The molecule has 2 atom stereocenters. The van der Waals surface area contributed by atoms with E-state index in [9.17, 15) is 19.8 Å². The molecule has 0 aromatic heterocycles. The first-order valence-electron chi connectivity index (χ1n) is 8.97. The predicted molar refractivity (Wildman–Crippen MR) is 94.5 cm³/mol. The van der Waals surface area contributed by atoms with Crippen LogP contribution in [0.1, 0.15) is 36.5 Å². The third kappa shape index (κ3) is 4.06. The third-order valence-electron chi connectivity index (χ3n) is 5.41. The van der Waals surface area contributed by atoms with Crippen molar-refractivity contribution in [1.29, 1.82) is 0 Å². The van der Waals surface area contributed by atoms with Crippen molar-refractivity contribution in [3.8, 4) is 0 Å². The second-order valence-corrected chi connectivity index (χ2v) is 7.47. The lowest BCUT2D eigenvalue weighted by molar-refractivity contribution is -0.222. The molecular weight excluding hydrogens is 336 g/mol. The first-order valence-corrected chi connectivity index (χ1v) is 8.97. The molecule has 2 aliphatic heterocycles. The lowest BCUT2D eigenvalue weighted by atomic mass is 9.76. The first-order chi connectivity index (χ1) is 12.3. The standard InChI is InChI=1S/C19H26N2O5/c1-18(25)13-19(26-12-15(18)22)7-9-21(10-8-19)16(23)11-20-17(24)14-5-3-2-4-6-14/h2-6,15,22,25H,7-13H2,1H3,(H,20,24)/t15-,18-/m0/s1. The Morgan fingerprint density at radius 1 is 1.27 bits per heavy atom. The molecule has 2 fully saturated rings. The van der Waals surface area contributed by atoms with Gasteiger partial charge >= 0.3 is 0 Å². The fourth-order valence-electron chi connectivity index (χ4n) is 3.70. The van der Waals surface area contributed by atoms with Gasteiger partial charge in [0.05, 0.1) is 24.4 Å².